The first kappa shape index (κ1) is 17.7. The zero-order chi connectivity index (χ0) is 17.8. The summed E-state index contributed by atoms with van der Waals surface area (Å²) >= 11 is 17.5. The van der Waals surface area contributed by atoms with Gasteiger partial charge in [0.15, 0.2) is 10.9 Å². The van der Waals surface area contributed by atoms with Crippen LogP contribution in [-0.2, 0) is 6.54 Å². The van der Waals surface area contributed by atoms with E-state index in [1.54, 1.807) is 6.07 Å². The Morgan fingerprint density at radius 1 is 1.08 bits per heavy atom. The number of anilines is 2. The Morgan fingerprint density at radius 3 is 2.64 bits per heavy atom. The molecular formula is C18H16Cl2N4S. The number of hydrogen-bond donors (Lipinski definition) is 2. The van der Waals surface area contributed by atoms with Gasteiger partial charge in [-0.15, -0.1) is 0 Å². The molecule has 0 spiro atoms. The van der Waals surface area contributed by atoms with E-state index in [0.29, 0.717) is 22.5 Å². The second-order valence-electron chi connectivity index (χ2n) is 5.51. The summed E-state index contributed by atoms with van der Waals surface area (Å²) in [5, 5.41) is 12.5. The monoisotopic (exact) mass is 390 g/mol. The summed E-state index contributed by atoms with van der Waals surface area (Å²) in [6.45, 7) is 2.59. The third-order valence-electron chi connectivity index (χ3n) is 3.58. The lowest BCUT2D eigenvalue weighted by Crippen LogP contribution is -2.19. The van der Waals surface area contributed by atoms with Gasteiger partial charge in [-0.2, -0.15) is 5.10 Å². The third-order valence-corrected chi connectivity index (χ3v) is 4.39. The maximum absolute atomic E-state index is 6.22. The van der Waals surface area contributed by atoms with Gasteiger partial charge >= 0.3 is 0 Å². The molecule has 25 heavy (non-hydrogen) atoms. The highest BCUT2D eigenvalue weighted by molar-refractivity contribution is 7.80. The molecule has 0 aliphatic rings. The summed E-state index contributed by atoms with van der Waals surface area (Å²) in [5.74, 6) is 0.670. The van der Waals surface area contributed by atoms with Crippen molar-refractivity contribution in [3.05, 3.63) is 75.9 Å². The molecule has 0 amide bonds. The average Bonchev–Trinajstić information content (AvgIpc) is 2.89. The summed E-state index contributed by atoms with van der Waals surface area (Å²) in [6.07, 6.45) is 0. The van der Waals surface area contributed by atoms with Gasteiger partial charge in [0.2, 0.25) is 0 Å². The van der Waals surface area contributed by atoms with Crippen molar-refractivity contribution in [1.82, 2.24) is 9.78 Å². The summed E-state index contributed by atoms with van der Waals surface area (Å²) in [7, 11) is 0. The smallest absolute Gasteiger partial charge is 0.176 e. The second kappa shape index (κ2) is 7.87. The molecule has 128 valence electrons. The zero-order valence-corrected chi connectivity index (χ0v) is 15.8. The molecule has 1 heterocycles. The van der Waals surface area contributed by atoms with Crippen molar-refractivity contribution in [2.45, 2.75) is 13.5 Å². The minimum Gasteiger partial charge on any atom is -0.332 e. The predicted octanol–water partition coefficient (Wildman–Crippen LogP) is 5.36. The van der Waals surface area contributed by atoms with E-state index in [4.69, 9.17) is 35.4 Å². The van der Waals surface area contributed by atoms with Crippen LogP contribution < -0.4 is 10.6 Å². The predicted molar refractivity (Wildman–Crippen MR) is 109 cm³/mol. The molecule has 0 saturated carbocycles. The van der Waals surface area contributed by atoms with Gasteiger partial charge < -0.3 is 10.6 Å². The van der Waals surface area contributed by atoms with Crippen molar-refractivity contribution in [2.24, 2.45) is 0 Å². The highest BCUT2D eigenvalue weighted by Gasteiger charge is 2.08. The minimum atomic E-state index is 0.449. The lowest BCUT2D eigenvalue weighted by atomic mass is 10.2. The maximum atomic E-state index is 6.22. The lowest BCUT2D eigenvalue weighted by Gasteiger charge is -2.09. The molecule has 0 bridgehead atoms. The molecule has 0 atom stereocenters. The number of hydrogen-bond acceptors (Lipinski definition) is 2. The van der Waals surface area contributed by atoms with Gasteiger partial charge in [0.25, 0.3) is 0 Å². The maximum Gasteiger partial charge on any atom is 0.176 e. The van der Waals surface area contributed by atoms with Crippen molar-refractivity contribution in [3.63, 3.8) is 0 Å². The van der Waals surface area contributed by atoms with E-state index in [9.17, 15) is 0 Å². The van der Waals surface area contributed by atoms with Crippen molar-refractivity contribution < 1.29 is 0 Å². The zero-order valence-electron chi connectivity index (χ0n) is 13.5. The van der Waals surface area contributed by atoms with Crippen molar-refractivity contribution in [1.29, 1.82) is 0 Å². The Kier molecular flexibility index (Phi) is 5.58. The quantitative estimate of drug-likeness (QED) is 0.588. The molecule has 1 aromatic heterocycles. The first-order valence-corrected chi connectivity index (χ1v) is 8.79. The lowest BCUT2D eigenvalue weighted by molar-refractivity contribution is 0.668. The Bertz CT molecular complexity index is 908. The highest BCUT2D eigenvalue weighted by Crippen LogP contribution is 2.19. The van der Waals surface area contributed by atoms with Gasteiger partial charge in [-0.05, 0) is 49.0 Å². The molecule has 0 radical (unpaired) electrons. The van der Waals surface area contributed by atoms with Crippen LogP contribution in [-0.4, -0.2) is 14.9 Å². The SMILES string of the molecule is Cc1cc(NC(=S)Nc2cccc(Cl)c2)nn1Cc1ccccc1Cl. The number of thiocarbonyl (C=S) groups is 1. The Balaban J connectivity index is 1.68. The van der Waals surface area contributed by atoms with E-state index < -0.39 is 0 Å². The fraction of sp³-hybridized carbons (Fsp3) is 0.111. The van der Waals surface area contributed by atoms with Gasteiger partial charge in [-0.25, -0.2) is 0 Å². The molecular weight excluding hydrogens is 375 g/mol. The first-order chi connectivity index (χ1) is 12.0. The van der Waals surface area contributed by atoms with Gasteiger partial charge in [0, 0.05) is 27.5 Å². The number of aryl methyl sites for hydroxylation is 1. The van der Waals surface area contributed by atoms with Crippen LogP contribution in [0.5, 0.6) is 0 Å². The molecule has 0 aliphatic heterocycles. The van der Waals surface area contributed by atoms with Crippen LogP contribution in [0, 0.1) is 6.92 Å². The molecule has 2 aromatic carbocycles. The summed E-state index contributed by atoms with van der Waals surface area (Å²) in [4.78, 5) is 0. The first-order valence-electron chi connectivity index (χ1n) is 7.63. The molecule has 0 fully saturated rings. The van der Waals surface area contributed by atoms with Gasteiger partial charge in [-0.1, -0.05) is 47.5 Å². The molecule has 0 saturated heterocycles. The van der Waals surface area contributed by atoms with Crippen LogP contribution in [0.25, 0.3) is 0 Å². The molecule has 4 nitrogen and oxygen atoms in total. The Labute approximate surface area is 161 Å². The number of benzene rings is 2. The molecule has 3 rings (SSSR count). The van der Waals surface area contributed by atoms with E-state index in [0.717, 1.165) is 22.0 Å². The van der Waals surface area contributed by atoms with E-state index in [-0.39, 0.29) is 0 Å². The van der Waals surface area contributed by atoms with Crippen LogP contribution >= 0.6 is 35.4 Å². The van der Waals surface area contributed by atoms with E-state index >= 15 is 0 Å². The standard InChI is InChI=1S/C18H16Cl2N4S/c1-12-9-17(22-18(25)21-15-7-4-6-14(19)10-15)23-24(12)11-13-5-2-3-8-16(13)20/h2-10H,11H2,1H3,(H2,21,22,23,25). The molecule has 3 aromatic rings. The number of aromatic nitrogens is 2. The average molecular weight is 391 g/mol. The highest BCUT2D eigenvalue weighted by atomic mass is 35.5. The number of nitrogens with zero attached hydrogens (tertiary/aromatic N) is 2. The largest absolute Gasteiger partial charge is 0.332 e. The molecule has 7 heteroatoms. The summed E-state index contributed by atoms with van der Waals surface area (Å²) in [5.41, 5.74) is 2.84. The number of halogens is 2. The van der Waals surface area contributed by atoms with E-state index in [1.165, 1.54) is 0 Å². The summed E-state index contributed by atoms with van der Waals surface area (Å²) < 4.78 is 1.88. The van der Waals surface area contributed by atoms with Gasteiger partial charge in [0.1, 0.15) is 0 Å². The van der Waals surface area contributed by atoms with Crippen LogP contribution in [0.2, 0.25) is 10.0 Å². The van der Waals surface area contributed by atoms with Crippen molar-refractivity contribution in [3.8, 4) is 0 Å². The number of rotatable bonds is 4. The number of nitrogens with one attached hydrogen (secondary N) is 2. The van der Waals surface area contributed by atoms with Crippen LogP contribution in [0.1, 0.15) is 11.3 Å². The Morgan fingerprint density at radius 2 is 1.88 bits per heavy atom. The Hall–Kier alpha value is -2.08. The van der Waals surface area contributed by atoms with Gasteiger partial charge in [-0.3, -0.25) is 4.68 Å². The second-order valence-corrected chi connectivity index (χ2v) is 6.76. The fourth-order valence-corrected chi connectivity index (χ4v) is 2.97. The normalized spacial score (nSPS) is 10.5. The van der Waals surface area contributed by atoms with Crippen molar-refractivity contribution >= 4 is 52.0 Å². The molecule has 0 aliphatic carbocycles. The molecule has 2 N–H and O–H groups in total. The topological polar surface area (TPSA) is 41.9 Å². The summed E-state index contributed by atoms with van der Waals surface area (Å²) in [6, 6.07) is 17.0. The molecule has 0 unspecified atom stereocenters. The fourth-order valence-electron chi connectivity index (χ4n) is 2.36. The van der Waals surface area contributed by atoms with Crippen LogP contribution in [0.4, 0.5) is 11.5 Å². The van der Waals surface area contributed by atoms with E-state index in [2.05, 4.69) is 15.7 Å². The third kappa shape index (κ3) is 4.72. The van der Waals surface area contributed by atoms with Crippen molar-refractivity contribution in [2.75, 3.05) is 10.6 Å². The van der Waals surface area contributed by atoms with Crippen LogP contribution in [0.3, 0.4) is 0 Å². The van der Waals surface area contributed by atoms with Gasteiger partial charge in [0.05, 0.1) is 6.54 Å². The van der Waals surface area contributed by atoms with E-state index in [1.807, 2.05) is 60.1 Å². The minimum absolute atomic E-state index is 0.449. The van der Waals surface area contributed by atoms with Crippen LogP contribution in [0.15, 0.2) is 54.6 Å².